The fourth-order valence-corrected chi connectivity index (χ4v) is 3.94. The highest BCUT2D eigenvalue weighted by atomic mass is 16.1. The zero-order valence-electron chi connectivity index (χ0n) is 11.9. The minimum absolute atomic E-state index is 0.200. The van der Waals surface area contributed by atoms with Gasteiger partial charge in [0, 0.05) is 12.1 Å². The van der Waals surface area contributed by atoms with Crippen LogP contribution in [0.1, 0.15) is 43.2 Å². The lowest BCUT2D eigenvalue weighted by Gasteiger charge is -2.21. The minimum Gasteiger partial charge on any atom is -0.326 e. The Morgan fingerprint density at radius 1 is 1.26 bits per heavy atom. The molecular weight excluding hydrogens is 234 g/mol. The van der Waals surface area contributed by atoms with Crippen LogP contribution in [0, 0.1) is 31.6 Å². The van der Waals surface area contributed by atoms with E-state index in [4.69, 9.17) is 0 Å². The summed E-state index contributed by atoms with van der Waals surface area (Å²) in [7, 11) is 0. The van der Waals surface area contributed by atoms with Crippen molar-refractivity contribution in [1.82, 2.24) is 0 Å². The van der Waals surface area contributed by atoms with E-state index in [1.807, 2.05) is 6.92 Å². The smallest absolute Gasteiger partial charge is 0.224 e. The highest BCUT2D eigenvalue weighted by Gasteiger charge is 2.40. The van der Waals surface area contributed by atoms with E-state index in [2.05, 4.69) is 30.4 Å². The van der Waals surface area contributed by atoms with E-state index in [0.29, 0.717) is 12.3 Å². The Morgan fingerprint density at radius 3 is 2.79 bits per heavy atom. The van der Waals surface area contributed by atoms with Gasteiger partial charge in [0.1, 0.15) is 0 Å². The molecule has 2 aliphatic carbocycles. The molecule has 2 bridgehead atoms. The third-order valence-corrected chi connectivity index (χ3v) is 5.00. The molecule has 2 saturated carbocycles. The van der Waals surface area contributed by atoms with Crippen LogP contribution in [0.5, 0.6) is 0 Å². The Kier molecular flexibility index (Phi) is 3.34. The first-order valence-electron chi connectivity index (χ1n) is 7.49. The summed E-state index contributed by atoms with van der Waals surface area (Å²) in [6.07, 6.45) is 6.13. The van der Waals surface area contributed by atoms with Crippen LogP contribution in [0.3, 0.4) is 0 Å². The lowest BCUT2D eigenvalue weighted by Crippen LogP contribution is -2.20. The van der Waals surface area contributed by atoms with Crippen molar-refractivity contribution < 1.29 is 4.79 Å². The molecule has 1 aromatic carbocycles. The van der Waals surface area contributed by atoms with Crippen LogP contribution in [0.15, 0.2) is 18.2 Å². The number of carbonyl (C=O) groups excluding carboxylic acids is 1. The molecule has 1 amide bonds. The molecule has 0 aromatic heterocycles. The second-order valence-electron chi connectivity index (χ2n) is 6.51. The number of fused-ring (bicyclic) bond motifs is 2. The molecule has 19 heavy (non-hydrogen) atoms. The number of rotatable bonds is 3. The van der Waals surface area contributed by atoms with Gasteiger partial charge in [0.2, 0.25) is 5.91 Å². The maximum atomic E-state index is 12.2. The van der Waals surface area contributed by atoms with Crippen LogP contribution < -0.4 is 5.32 Å². The summed E-state index contributed by atoms with van der Waals surface area (Å²) in [4.78, 5) is 12.2. The number of anilines is 1. The number of hydrogen-bond acceptors (Lipinski definition) is 1. The molecule has 2 aliphatic rings. The topological polar surface area (TPSA) is 29.1 Å². The van der Waals surface area contributed by atoms with E-state index in [1.165, 1.54) is 31.2 Å². The summed E-state index contributed by atoms with van der Waals surface area (Å²) >= 11 is 0. The Morgan fingerprint density at radius 2 is 2.11 bits per heavy atom. The van der Waals surface area contributed by atoms with Crippen LogP contribution in [-0.4, -0.2) is 5.91 Å². The van der Waals surface area contributed by atoms with Crippen LogP contribution in [-0.2, 0) is 4.79 Å². The van der Waals surface area contributed by atoms with Gasteiger partial charge in [-0.15, -0.1) is 0 Å². The lowest BCUT2D eigenvalue weighted by atomic mass is 9.86. The van der Waals surface area contributed by atoms with Crippen molar-refractivity contribution in [3.05, 3.63) is 29.3 Å². The molecule has 0 spiro atoms. The van der Waals surface area contributed by atoms with Gasteiger partial charge < -0.3 is 5.32 Å². The Hall–Kier alpha value is -1.31. The predicted octanol–water partition coefficient (Wildman–Crippen LogP) is 4.07. The molecule has 0 radical (unpaired) electrons. The molecule has 0 aliphatic heterocycles. The van der Waals surface area contributed by atoms with Gasteiger partial charge in [-0.2, -0.15) is 0 Å². The monoisotopic (exact) mass is 257 g/mol. The fraction of sp³-hybridized carbons (Fsp3) is 0.588. The first kappa shape index (κ1) is 12.7. The summed E-state index contributed by atoms with van der Waals surface area (Å²) in [6, 6.07) is 6.22. The predicted molar refractivity (Wildman–Crippen MR) is 78.1 cm³/mol. The molecule has 1 N–H and O–H groups in total. The SMILES string of the molecule is Cc1ccc(C)c(NC(=O)C[C@H]2C[C@@H]3CC[C@@H]2C3)c1. The van der Waals surface area contributed by atoms with Crippen molar-refractivity contribution in [2.45, 2.75) is 46.0 Å². The number of carbonyl (C=O) groups is 1. The molecule has 2 nitrogen and oxygen atoms in total. The van der Waals surface area contributed by atoms with Gasteiger partial charge in [0.05, 0.1) is 0 Å². The zero-order chi connectivity index (χ0) is 13.4. The quantitative estimate of drug-likeness (QED) is 0.869. The fourth-order valence-electron chi connectivity index (χ4n) is 3.94. The van der Waals surface area contributed by atoms with Crippen LogP contribution in [0.25, 0.3) is 0 Å². The van der Waals surface area contributed by atoms with Crippen molar-refractivity contribution in [3.8, 4) is 0 Å². The van der Waals surface area contributed by atoms with Crippen LogP contribution in [0.2, 0.25) is 0 Å². The molecular formula is C17H23NO. The van der Waals surface area contributed by atoms with Gasteiger partial charge in [-0.1, -0.05) is 18.6 Å². The number of amides is 1. The average molecular weight is 257 g/mol. The first-order chi connectivity index (χ1) is 9.11. The van der Waals surface area contributed by atoms with Gasteiger partial charge >= 0.3 is 0 Å². The van der Waals surface area contributed by atoms with Crippen molar-refractivity contribution in [2.24, 2.45) is 17.8 Å². The second kappa shape index (κ2) is 4.99. The third kappa shape index (κ3) is 2.68. The van der Waals surface area contributed by atoms with E-state index in [9.17, 15) is 4.79 Å². The van der Waals surface area contributed by atoms with Crippen LogP contribution >= 0.6 is 0 Å². The number of hydrogen-bond donors (Lipinski definition) is 1. The van der Waals surface area contributed by atoms with Gasteiger partial charge in [-0.25, -0.2) is 0 Å². The molecule has 2 heteroatoms. The summed E-state index contributed by atoms with van der Waals surface area (Å²) in [6.45, 7) is 4.11. The first-order valence-corrected chi connectivity index (χ1v) is 7.49. The average Bonchev–Trinajstić information content (AvgIpc) is 2.96. The van der Waals surface area contributed by atoms with Crippen LogP contribution in [0.4, 0.5) is 5.69 Å². The Labute approximate surface area is 115 Å². The highest BCUT2D eigenvalue weighted by molar-refractivity contribution is 5.91. The maximum Gasteiger partial charge on any atom is 0.224 e. The molecule has 0 unspecified atom stereocenters. The van der Waals surface area contributed by atoms with E-state index in [0.717, 1.165) is 23.1 Å². The Balaban J connectivity index is 1.61. The van der Waals surface area contributed by atoms with Crippen molar-refractivity contribution in [2.75, 3.05) is 5.32 Å². The number of nitrogens with one attached hydrogen (secondary N) is 1. The standard InChI is InChI=1S/C17H23NO/c1-11-3-4-12(2)16(7-11)18-17(19)10-15-9-13-5-6-14(15)8-13/h3-4,7,13-15H,5-6,8-10H2,1-2H3,(H,18,19)/t13-,14-,15-/m1/s1. The van der Waals surface area contributed by atoms with Crippen molar-refractivity contribution >= 4 is 11.6 Å². The molecule has 0 saturated heterocycles. The highest BCUT2D eigenvalue weighted by Crippen LogP contribution is 2.49. The zero-order valence-corrected chi connectivity index (χ0v) is 11.9. The summed E-state index contributed by atoms with van der Waals surface area (Å²) in [5.41, 5.74) is 3.32. The molecule has 102 valence electrons. The number of aryl methyl sites for hydroxylation is 2. The van der Waals surface area contributed by atoms with Gasteiger partial charge in [0.25, 0.3) is 0 Å². The van der Waals surface area contributed by atoms with Gasteiger partial charge in [0.15, 0.2) is 0 Å². The van der Waals surface area contributed by atoms with Gasteiger partial charge in [-0.05, 0) is 68.1 Å². The second-order valence-corrected chi connectivity index (χ2v) is 6.51. The lowest BCUT2D eigenvalue weighted by molar-refractivity contribution is -0.117. The van der Waals surface area contributed by atoms with Crippen molar-refractivity contribution in [1.29, 1.82) is 0 Å². The van der Waals surface area contributed by atoms with Gasteiger partial charge in [-0.3, -0.25) is 4.79 Å². The molecule has 2 fully saturated rings. The number of benzene rings is 1. The Bertz CT molecular complexity index is 494. The van der Waals surface area contributed by atoms with E-state index < -0.39 is 0 Å². The third-order valence-electron chi connectivity index (χ3n) is 5.00. The molecule has 1 aromatic rings. The molecule has 3 rings (SSSR count). The van der Waals surface area contributed by atoms with E-state index in [-0.39, 0.29) is 5.91 Å². The molecule has 3 atom stereocenters. The summed E-state index contributed by atoms with van der Waals surface area (Å²) in [5.74, 6) is 2.59. The summed E-state index contributed by atoms with van der Waals surface area (Å²) in [5, 5.41) is 3.10. The largest absolute Gasteiger partial charge is 0.326 e. The summed E-state index contributed by atoms with van der Waals surface area (Å²) < 4.78 is 0. The maximum absolute atomic E-state index is 12.2. The van der Waals surface area contributed by atoms with Crippen molar-refractivity contribution in [3.63, 3.8) is 0 Å². The molecule has 0 heterocycles. The van der Waals surface area contributed by atoms with E-state index >= 15 is 0 Å². The minimum atomic E-state index is 0.200. The van der Waals surface area contributed by atoms with E-state index in [1.54, 1.807) is 0 Å². The normalized spacial score (nSPS) is 28.6.